The minimum atomic E-state index is 0.408. The molecule has 23 heavy (non-hydrogen) atoms. The van der Waals surface area contributed by atoms with Gasteiger partial charge in [-0.25, -0.2) is 0 Å². The monoisotopic (exact) mass is 311 g/mol. The molecule has 2 aromatic rings. The lowest BCUT2D eigenvalue weighted by atomic mass is 9.82. The number of rotatable bonds is 3. The van der Waals surface area contributed by atoms with Gasteiger partial charge in [-0.15, -0.1) is 0 Å². The summed E-state index contributed by atoms with van der Waals surface area (Å²) in [4.78, 5) is 2.57. The highest BCUT2D eigenvalue weighted by Crippen LogP contribution is 2.38. The SMILES string of the molecule is Cc1cccc(-c2[nH]ncc2CN2CCC3(CCCOC3)C2)c1. The van der Waals surface area contributed by atoms with Crippen LogP contribution in [0.2, 0.25) is 0 Å². The maximum atomic E-state index is 5.75. The molecule has 2 fully saturated rings. The molecule has 1 spiro atoms. The summed E-state index contributed by atoms with van der Waals surface area (Å²) in [5.74, 6) is 0. The Morgan fingerprint density at radius 1 is 1.35 bits per heavy atom. The van der Waals surface area contributed by atoms with Crippen LogP contribution in [0.25, 0.3) is 11.3 Å². The van der Waals surface area contributed by atoms with Crippen molar-refractivity contribution in [1.29, 1.82) is 0 Å². The largest absolute Gasteiger partial charge is 0.381 e. The van der Waals surface area contributed by atoms with Crippen LogP contribution in [-0.4, -0.2) is 41.4 Å². The minimum Gasteiger partial charge on any atom is -0.381 e. The molecule has 1 aromatic carbocycles. The first-order valence-corrected chi connectivity index (χ1v) is 8.64. The van der Waals surface area contributed by atoms with Gasteiger partial charge in [0, 0.05) is 36.2 Å². The first-order valence-electron chi connectivity index (χ1n) is 8.64. The Balaban J connectivity index is 1.49. The molecule has 0 bridgehead atoms. The Kier molecular flexibility index (Phi) is 3.95. The molecule has 4 nitrogen and oxygen atoms in total. The first kappa shape index (κ1) is 14.9. The van der Waals surface area contributed by atoms with Gasteiger partial charge in [0.15, 0.2) is 0 Å². The first-order chi connectivity index (χ1) is 11.2. The van der Waals surface area contributed by atoms with Crippen molar-refractivity contribution in [1.82, 2.24) is 15.1 Å². The number of H-pyrrole nitrogens is 1. The highest BCUT2D eigenvalue weighted by Gasteiger charge is 2.39. The standard InChI is InChI=1S/C19H25N3O/c1-15-4-2-5-16(10-15)18-17(11-20-21-18)12-22-8-7-19(13-22)6-3-9-23-14-19/h2,4-5,10-11H,3,6-9,12-14H2,1H3,(H,20,21). The number of nitrogens with one attached hydrogen (secondary N) is 1. The fourth-order valence-electron chi connectivity index (χ4n) is 4.12. The summed E-state index contributed by atoms with van der Waals surface area (Å²) in [7, 11) is 0. The van der Waals surface area contributed by atoms with Gasteiger partial charge in [-0.05, 0) is 38.8 Å². The lowest BCUT2D eigenvalue weighted by molar-refractivity contribution is -0.00247. The van der Waals surface area contributed by atoms with Crippen LogP contribution in [0.5, 0.6) is 0 Å². The Morgan fingerprint density at radius 3 is 3.13 bits per heavy atom. The number of ether oxygens (including phenoxy) is 1. The van der Waals surface area contributed by atoms with E-state index in [2.05, 4.69) is 46.3 Å². The second-order valence-corrected chi connectivity index (χ2v) is 7.26. The molecule has 4 heteroatoms. The quantitative estimate of drug-likeness (QED) is 0.944. The molecule has 2 saturated heterocycles. The van der Waals surface area contributed by atoms with Gasteiger partial charge in [0.25, 0.3) is 0 Å². The average molecular weight is 311 g/mol. The summed E-state index contributed by atoms with van der Waals surface area (Å²) in [5.41, 5.74) is 5.37. The van der Waals surface area contributed by atoms with Crippen molar-refractivity contribution < 1.29 is 4.74 Å². The van der Waals surface area contributed by atoms with E-state index >= 15 is 0 Å². The molecule has 3 heterocycles. The number of likely N-dealkylation sites (tertiary alicyclic amines) is 1. The second kappa shape index (κ2) is 6.10. The van der Waals surface area contributed by atoms with Crippen LogP contribution >= 0.6 is 0 Å². The molecule has 4 rings (SSSR count). The number of nitrogens with zero attached hydrogens (tertiary/aromatic N) is 2. The van der Waals surface area contributed by atoms with E-state index in [9.17, 15) is 0 Å². The van der Waals surface area contributed by atoms with Crippen molar-refractivity contribution in [3.63, 3.8) is 0 Å². The van der Waals surface area contributed by atoms with Gasteiger partial charge in [0.05, 0.1) is 18.5 Å². The summed E-state index contributed by atoms with van der Waals surface area (Å²) in [6, 6.07) is 8.62. The topological polar surface area (TPSA) is 41.2 Å². The Labute approximate surface area is 137 Å². The van der Waals surface area contributed by atoms with Gasteiger partial charge in [-0.3, -0.25) is 10.00 Å². The zero-order chi connectivity index (χ0) is 15.7. The summed E-state index contributed by atoms with van der Waals surface area (Å²) in [5, 5.41) is 7.49. The van der Waals surface area contributed by atoms with Gasteiger partial charge in [0.1, 0.15) is 0 Å². The predicted octanol–water partition coefficient (Wildman–Crippen LogP) is 3.39. The Morgan fingerprint density at radius 2 is 2.30 bits per heavy atom. The molecular weight excluding hydrogens is 286 g/mol. The highest BCUT2D eigenvalue weighted by molar-refractivity contribution is 5.63. The summed E-state index contributed by atoms with van der Waals surface area (Å²) < 4.78 is 5.75. The molecule has 2 aliphatic heterocycles. The molecular formula is C19H25N3O. The van der Waals surface area contributed by atoms with Gasteiger partial charge in [-0.2, -0.15) is 5.10 Å². The number of aryl methyl sites for hydroxylation is 1. The van der Waals surface area contributed by atoms with Crippen LogP contribution in [0, 0.1) is 12.3 Å². The maximum Gasteiger partial charge on any atom is 0.0695 e. The van der Waals surface area contributed by atoms with Crippen molar-refractivity contribution in [3.8, 4) is 11.3 Å². The van der Waals surface area contributed by atoms with Crippen LogP contribution in [-0.2, 0) is 11.3 Å². The molecule has 0 aliphatic carbocycles. The smallest absolute Gasteiger partial charge is 0.0695 e. The molecule has 0 radical (unpaired) electrons. The number of aromatic nitrogens is 2. The summed E-state index contributed by atoms with van der Waals surface area (Å²) >= 11 is 0. The molecule has 1 aromatic heterocycles. The van der Waals surface area contributed by atoms with E-state index < -0.39 is 0 Å². The third-order valence-corrected chi connectivity index (χ3v) is 5.34. The van der Waals surface area contributed by atoms with Gasteiger partial charge < -0.3 is 4.74 Å². The van der Waals surface area contributed by atoms with E-state index in [0.717, 1.165) is 32.0 Å². The van der Waals surface area contributed by atoms with E-state index in [1.165, 1.54) is 42.5 Å². The fraction of sp³-hybridized carbons (Fsp3) is 0.526. The van der Waals surface area contributed by atoms with Crippen molar-refractivity contribution in [2.45, 2.75) is 32.7 Å². The maximum absolute atomic E-state index is 5.75. The zero-order valence-corrected chi connectivity index (χ0v) is 13.8. The molecule has 0 saturated carbocycles. The van der Waals surface area contributed by atoms with Crippen molar-refractivity contribution in [3.05, 3.63) is 41.6 Å². The van der Waals surface area contributed by atoms with E-state index in [0.29, 0.717) is 5.41 Å². The van der Waals surface area contributed by atoms with E-state index in [1.54, 1.807) is 0 Å². The lowest BCUT2D eigenvalue weighted by Gasteiger charge is -2.33. The minimum absolute atomic E-state index is 0.408. The summed E-state index contributed by atoms with van der Waals surface area (Å²) in [6.07, 6.45) is 5.79. The molecule has 2 aliphatic rings. The predicted molar refractivity (Wildman–Crippen MR) is 91.1 cm³/mol. The normalized spacial score (nSPS) is 25.3. The van der Waals surface area contributed by atoms with Crippen molar-refractivity contribution in [2.24, 2.45) is 5.41 Å². The molecule has 1 unspecified atom stereocenters. The average Bonchev–Trinajstić information content (AvgIpc) is 3.16. The van der Waals surface area contributed by atoms with Crippen LogP contribution in [0.1, 0.15) is 30.4 Å². The van der Waals surface area contributed by atoms with Crippen molar-refractivity contribution in [2.75, 3.05) is 26.3 Å². The van der Waals surface area contributed by atoms with E-state index in [-0.39, 0.29) is 0 Å². The molecule has 1 atom stereocenters. The van der Waals surface area contributed by atoms with Crippen LogP contribution in [0.4, 0.5) is 0 Å². The van der Waals surface area contributed by atoms with Gasteiger partial charge in [0.2, 0.25) is 0 Å². The number of aromatic amines is 1. The zero-order valence-electron chi connectivity index (χ0n) is 13.8. The molecule has 0 amide bonds. The fourth-order valence-corrected chi connectivity index (χ4v) is 4.12. The van der Waals surface area contributed by atoms with Crippen molar-refractivity contribution >= 4 is 0 Å². The second-order valence-electron chi connectivity index (χ2n) is 7.26. The summed E-state index contributed by atoms with van der Waals surface area (Å²) in [6.45, 7) is 7.32. The highest BCUT2D eigenvalue weighted by atomic mass is 16.5. The van der Waals surface area contributed by atoms with Crippen LogP contribution in [0.3, 0.4) is 0 Å². The Bertz CT molecular complexity index is 673. The third kappa shape index (κ3) is 3.06. The lowest BCUT2D eigenvalue weighted by Crippen LogP contribution is -2.34. The number of benzene rings is 1. The molecule has 1 N–H and O–H groups in total. The third-order valence-electron chi connectivity index (χ3n) is 5.34. The number of hydrogen-bond donors (Lipinski definition) is 1. The van der Waals surface area contributed by atoms with E-state index in [1.807, 2.05) is 6.20 Å². The Hall–Kier alpha value is -1.65. The van der Waals surface area contributed by atoms with Crippen LogP contribution in [0.15, 0.2) is 30.5 Å². The molecule has 122 valence electrons. The van der Waals surface area contributed by atoms with E-state index in [4.69, 9.17) is 4.74 Å². The number of hydrogen-bond acceptors (Lipinski definition) is 3. The van der Waals surface area contributed by atoms with Gasteiger partial charge in [-0.1, -0.05) is 23.8 Å². The van der Waals surface area contributed by atoms with Crippen LogP contribution < -0.4 is 0 Å². The van der Waals surface area contributed by atoms with Gasteiger partial charge >= 0.3 is 0 Å².